The average molecular weight is 485 g/mol. The fourth-order valence-electron chi connectivity index (χ4n) is 3.85. The molecule has 3 aromatic rings. The normalized spacial score (nSPS) is 19.4. The van der Waals surface area contributed by atoms with Crippen molar-refractivity contribution in [1.29, 1.82) is 0 Å². The Bertz CT molecular complexity index is 1300. The molecule has 0 aliphatic carbocycles. The molecule has 176 valence electrons. The van der Waals surface area contributed by atoms with Crippen LogP contribution >= 0.6 is 11.8 Å². The largest absolute Gasteiger partial charge is 0.481 e. The molecule has 1 saturated heterocycles. The second-order valence-corrected chi connectivity index (χ2v) is 8.80. The standard InChI is InChI=1S/C23H22F2N6O2S/c1-27-8-14(7-26)13-4-17-21(18(5-13)33-20-9-32-10-23(20,24)25)22(29-11-28-17)31-15-2-3-16-19(6-15)34-12-30-16/h2-8,11,20,30H,9-10,12,26H2,1H3,(H,28,29,31)/b14-7+,27-8?. The molecule has 2 aliphatic heterocycles. The summed E-state index contributed by atoms with van der Waals surface area (Å²) in [7, 11) is 1.62. The van der Waals surface area contributed by atoms with Crippen LogP contribution in [-0.2, 0) is 4.74 Å². The number of hydrogen-bond acceptors (Lipinski definition) is 9. The Morgan fingerprint density at radius 2 is 2.24 bits per heavy atom. The van der Waals surface area contributed by atoms with Gasteiger partial charge in [-0.25, -0.2) is 9.97 Å². The van der Waals surface area contributed by atoms with Gasteiger partial charge in [0.05, 0.1) is 23.4 Å². The first-order valence-electron chi connectivity index (χ1n) is 10.5. The third-order valence-electron chi connectivity index (χ3n) is 5.52. The van der Waals surface area contributed by atoms with Crippen molar-refractivity contribution in [2.45, 2.75) is 16.9 Å². The summed E-state index contributed by atoms with van der Waals surface area (Å²) in [6, 6.07) is 9.35. The van der Waals surface area contributed by atoms with Crippen LogP contribution in [0.25, 0.3) is 16.5 Å². The predicted molar refractivity (Wildman–Crippen MR) is 130 cm³/mol. The minimum absolute atomic E-state index is 0.201. The Morgan fingerprint density at radius 1 is 1.35 bits per heavy atom. The summed E-state index contributed by atoms with van der Waals surface area (Å²) in [5.41, 5.74) is 9.39. The maximum absolute atomic E-state index is 14.4. The number of aromatic nitrogens is 2. The van der Waals surface area contributed by atoms with Gasteiger partial charge in [-0.15, -0.1) is 11.8 Å². The molecule has 0 radical (unpaired) electrons. The number of aliphatic imine (C=N–C) groups is 1. The summed E-state index contributed by atoms with van der Waals surface area (Å²) in [4.78, 5) is 13.9. The minimum Gasteiger partial charge on any atom is -0.481 e. The van der Waals surface area contributed by atoms with E-state index in [9.17, 15) is 8.78 Å². The molecule has 0 saturated carbocycles. The molecule has 1 aromatic heterocycles. The second kappa shape index (κ2) is 9.07. The molecule has 4 N–H and O–H groups in total. The number of halogens is 2. The molecule has 1 fully saturated rings. The Kier molecular flexibility index (Phi) is 5.96. The molecule has 8 nitrogen and oxygen atoms in total. The highest BCUT2D eigenvalue weighted by atomic mass is 32.2. The van der Waals surface area contributed by atoms with Gasteiger partial charge in [0.25, 0.3) is 0 Å². The SMILES string of the molecule is CN=C/C(=C\N)c1cc(OC2COCC2(F)F)c2c(Nc3ccc4c(c3)SCN4)ncnc2c1. The lowest BCUT2D eigenvalue weighted by Gasteiger charge is -2.21. The summed E-state index contributed by atoms with van der Waals surface area (Å²) in [6.45, 7) is -0.908. The van der Waals surface area contributed by atoms with Gasteiger partial charge in [0, 0.05) is 41.3 Å². The first-order chi connectivity index (χ1) is 16.5. The molecule has 3 heterocycles. The van der Waals surface area contributed by atoms with Crippen molar-refractivity contribution in [3.63, 3.8) is 0 Å². The van der Waals surface area contributed by atoms with Crippen molar-refractivity contribution >= 4 is 51.6 Å². The third kappa shape index (κ3) is 4.24. The van der Waals surface area contributed by atoms with E-state index in [4.69, 9.17) is 15.2 Å². The number of nitrogens with one attached hydrogen (secondary N) is 2. The lowest BCUT2D eigenvalue weighted by molar-refractivity contribution is -0.0654. The van der Waals surface area contributed by atoms with E-state index in [1.54, 1.807) is 37.2 Å². The summed E-state index contributed by atoms with van der Waals surface area (Å²) in [6.07, 6.45) is 2.94. The molecule has 1 unspecified atom stereocenters. The first-order valence-corrected chi connectivity index (χ1v) is 11.5. The summed E-state index contributed by atoms with van der Waals surface area (Å²) < 4.78 is 39.5. The Balaban J connectivity index is 1.62. The lowest BCUT2D eigenvalue weighted by atomic mass is 10.0. The molecule has 0 bridgehead atoms. The number of ether oxygens (including phenoxy) is 2. The van der Waals surface area contributed by atoms with E-state index in [2.05, 4.69) is 25.6 Å². The average Bonchev–Trinajstić information content (AvgIpc) is 3.42. The van der Waals surface area contributed by atoms with Gasteiger partial charge in [-0.1, -0.05) is 0 Å². The van der Waals surface area contributed by atoms with E-state index in [-0.39, 0.29) is 12.4 Å². The summed E-state index contributed by atoms with van der Waals surface area (Å²) >= 11 is 1.70. The quantitative estimate of drug-likeness (QED) is 0.446. The van der Waals surface area contributed by atoms with Gasteiger partial charge in [-0.05, 0) is 35.9 Å². The smallest absolute Gasteiger partial charge is 0.309 e. The number of nitrogens with two attached hydrogens (primary N) is 1. The van der Waals surface area contributed by atoms with Gasteiger partial charge in [-0.3, -0.25) is 4.99 Å². The van der Waals surface area contributed by atoms with Crippen molar-refractivity contribution in [3.8, 4) is 5.75 Å². The number of alkyl halides is 2. The maximum atomic E-state index is 14.4. The number of thioether (sulfide) groups is 1. The van der Waals surface area contributed by atoms with Crippen molar-refractivity contribution in [2.75, 3.05) is 36.8 Å². The maximum Gasteiger partial charge on any atom is 0.309 e. The fourth-order valence-corrected chi connectivity index (χ4v) is 4.73. The van der Waals surface area contributed by atoms with Gasteiger partial charge in [0.2, 0.25) is 0 Å². The van der Waals surface area contributed by atoms with Gasteiger partial charge < -0.3 is 25.8 Å². The molecule has 2 aromatic carbocycles. The highest BCUT2D eigenvalue weighted by molar-refractivity contribution is 7.99. The van der Waals surface area contributed by atoms with E-state index in [1.807, 2.05) is 18.2 Å². The zero-order valence-electron chi connectivity index (χ0n) is 18.2. The molecule has 34 heavy (non-hydrogen) atoms. The second-order valence-electron chi connectivity index (χ2n) is 7.78. The van der Waals surface area contributed by atoms with Crippen LogP contribution in [0.1, 0.15) is 5.56 Å². The number of anilines is 3. The van der Waals surface area contributed by atoms with Crippen LogP contribution in [0, 0.1) is 0 Å². The van der Waals surface area contributed by atoms with Crippen molar-refractivity contribution in [3.05, 3.63) is 48.4 Å². The minimum atomic E-state index is -3.12. The molecule has 1 atom stereocenters. The Hall–Kier alpha value is -3.44. The zero-order valence-corrected chi connectivity index (χ0v) is 19.0. The van der Waals surface area contributed by atoms with Gasteiger partial charge in [0.15, 0.2) is 6.10 Å². The van der Waals surface area contributed by atoms with Crippen LogP contribution in [0.2, 0.25) is 0 Å². The Labute approximate surface area is 198 Å². The van der Waals surface area contributed by atoms with Gasteiger partial charge >= 0.3 is 5.92 Å². The number of rotatable bonds is 6. The first kappa shape index (κ1) is 22.4. The number of nitrogens with zero attached hydrogens (tertiary/aromatic N) is 3. The predicted octanol–water partition coefficient (Wildman–Crippen LogP) is 4.26. The van der Waals surface area contributed by atoms with E-state index in [0.717, 1.165) is 22.1 Å². The topological polar surface area (TPSA) is 107 Å². The molecule has 0 amide bonds. The summed E-state index contributed by atoms with van der Waals surface area (Å²) in [5.74, 6) is -1.67. The van der Waals surface area contributed by atoms with Crippen LogP contribution in [0.15, 0.2) is 52.7 Å². The highest BCUT2D eigenvalue weighted by Gasteiger charge is 2.47. The van der Waals surface area contributed by atoms with Crippen molar-refractivity contribution in [1.82, 2.24) is 9.97 Å². The summed E-state index contributed by atoms with van der Waals surface area (Å²) in [5, 5.41) is 7.06. The number of benzene rings is 2. The van der Waals surface area contributed by atoms with Gasteiger partial charge in [-0.2, -0.15) is 8.78 Å². The highest BCUT2D eigenvalue weighted by Crippen LogP contribution is 2.40. The third-order valence-corrected chi connectivity index (χ3v) is 6.46. The van der Waals surface area contributed by atoms with Gasteiger partial charge in [0.1, 0.15) is 24.5 Å². The van der Waals surface area contributed by atoms with Crippen LogP contribution < -0.4 is 21.1 Å². The van der Waals surface area contributed by atoms with Crippen molar-refractivity contribution in [2.24, 2.45) is 10.7 Å². The van der Waals surface area contributed by atoms with Crippen LogP contribution in [-0.4, -0.2) is 54.3 Å². The van der Waals surface area contributed by atoms with E-state index >= 15 is 0 Å². The number of fused-ring (bicyclic) bond motifs is 2. The molecule has 5 rings (SSSR count). The van der Waals surface area contributed by atoms with Crippen LogP contribution in [0.3, 0.4) is 0 Å². The molecular formula is C23H22F2N6O2S. The van der Waals surface area contributed by atoms with E-state index in [1.165, 1.54) is 12.5 Å². The van der Waals surface area contributed by atoms with Crippen LogP contribution in [0.4, 0.5) is 26.0 Å². The monoisotopic (exact) mass is 484 g/mol. The molecular weight excluding hydrogens is 462 g/mol. The molecule has 0 spiro atoms. The fraction of sp³-hybridized carbons (Fsp3) is 0.261. The van der Waals surface area contributed by atoms with Crippen LogP contribution in [0.5, 0.6) is 5.75 Å². The lowest BCUT2D eigenvalue weighted by Crippen LogP contribution is -2.36. The molecule has 2 aliphatic rings. The Morgan fingerprint density at radius 3 is 3.00 bits per heavy atom. The number of allylic oxidation sites excluding steroid dienone is 1. The van der Waals surface area contributed by atoms with E-state index < -0.39 is 18.6 Å². The molecule has 11 heteroatoms. The number of hydrogen-bond donors (Lipinski definition) is 3. The van der Waals surface area contributed by atoms with E-state index in [0.29, 0.717) is 27.9 Å². The zero-order chi connectivity index (χ0) is 23.7. The van der Waals surface area contributed by atoms with Crippen molar-refractivity contribution < 1.29 is 18.3 Å².